The SMILES string of the molecule is COC(=O)C(C)=CCC12OC(C)(C)C3CC(C1=O)C1C4=C(c5ccccc5C4=O)N(CCN)C4=C1C32Oc1c(CC=C(C)C)c2c(c(O[C@@H]3O[C@H](CO)[C@@H](O)[C@H](O)[C@H]3O)c14)C=CC(C)(CCC=C(C)C)O2. The molecule has 4 aliphatic carbocycles. The maximum absolute atomic E-state index is 16.1. The molecule has 0 amide bonds. The number of rotatable bonds is 13. The molecule has 9 aliphatic rings. The molecule has 2 saturated heterocycles. The average molecular weight is 975 g/mol. The van der Waals surface area contributed by atoms with Crippen molar-refractivity contribution >= 4 is 35.0 Å². The fraction of sp³-hybridized carbons (Fsp3) is 0.518. The summed E-state index contributed by atoms with van der Waals surface area (Å²) >= 11 is 0. The topological polar surface area (TPSA) is 217 Å². The Bertz CT molecular complexity index is 2830. The van der Waals surface area contributed by atoms with Crippen LogP contribution in [0.15, 0.2) is 76.4 Å². The van der Waals surface area contributed by atoms with Gasteiger partial charge in [0.2, 0.25) is 6.29 Å². The number of aliphatic hydroxyl groups is 4. The van der Waals surface area contributed by atoms with E-state index in [0.717, 1.165) is 5.57 Å². The molecular formula is C56H66N2O13. The molecule has 6 N–H and O–H groups in total. The van der Waals surface area contributed by atoms with Gasteiger partial charge in [0.25, 0.3) is 0 Å². The summed E-state index contributed by atoms with van der Waals surface area (Å²) in [6.07, 6.45) is 3.52. The number of nitrogens with two attached hydrogens (primary N) is 1. The molecular weight excluding hydrogens is 909 g/mol. The van der Waals surface area contributed by atoms with E-state index in [1.165, 1.54) is 12.7 Å². The second-order valence-electron chi connectivity index (χ2n) is 21.7. The van der Waals surface area contributed by atoms with E-state index in [1.54, 1.807) is 19.1 Å². The fourth-order valence-electron chi connectivity index (χ4n) is 13.0. The largest absolute Gasteiger partial charge is 0.482 e. The summed E-state index contributed by atoms with van der Waals surface area (Å²) < 4.78 is 40.8. The Labute approximate surface area is 414 Å². The minimum atomic E-state index is -1.80. The second-order valence-corrected chi connectivity index (χ2v) is 21.7. The maximum Gasteiger partial charge on any atom is 0.333 e. The first kappa shape index (κ1) is 49.2. The van der Waals surface area contributed by atoms with E-state index in [4.69, 9.17) is 34.2 Å². The van der Waals surface area contributed by atoms with Crippen LogP contribution in [0, 0.1) is 17.8 Å². The van der Waals surface area contributed by atoms with Crippen molar-refractivity contribution < 1.29 is 63.2 Å². The van der Waals surface area contributed by atoms with Crippen LogP contribution in [0.2, 0.25) is 0 Å². The number of aliphatic hydroxyl groups excluding tert-OH is 4. The summed E-state index contributed by atoms with van der Waals surface area (Å²) in [5.41, 5.74) is 8.91. The molecule has 0 radical (unpaired) electrons. The van der Waals surface area contributed by atoms with Gasteiger partial charge in [-0.25, -0.2) is 4.79 Å². The molecule has 5 fully saturated rings. The molecule has 11 rings (SSSR count). The minimum Gasteiger partial charge on any atom is -0.482 e. The highest BCUT2D eigenvalue weighted by Crippen LogP contribution is 2.75. The van der Waals surface area contributed by atoms with E-state index in [9.17, 15) is 25.2 Å². The number of Topliss-reactive ketones (excluding diaryl/α,β-unsaturated/α-hetero) is 2. The van der Waals surface area contributed by atoms with Crippen LogP contribution < -0.4 is 19.9 Å². The zero-order valence-electron chi connectivity index (χ0n) is 42.0. The maximum atomic E-state index is 16.1. The summed E-state index contributed by atoms with van der Waals surface area (Å²) in [6, 6.07) is 7.41. The van der Waals surface area contributed by atoms with Crippen molar-refractivity contribution in [1.29, 1.82) is 0 Å². The van der Waals surface area contributed by atoms with Crippen LogP contribution in [0.3, 0.4) is 0 Å². The standard InChI is InChI=1S/C56H66N2O13/c1-27(2)13-12-20-54(8)21-19-33-47(69-54)32(17-16-28(3)4)49-39(48(33)68-52-46(63)45(62)44(61)35(26-59)67-52)42-40-37(38-41(58(42)24-23-57)30-14-10-11-15-31(30)43(38)60)34-25-36-53(6,7)71-55(50(34)64,56(36,40)70-49)22-18-29(5)51(65)66-9/h10-11,13-16,18-19,21,34-37,44-46,52,59,61-63H,12,17,20,22-26,57H2,1-9H3/t34?,35-,36?,37?,44-,45+,46-,52+,54?,55?,56?/m1/s1. The number of hydrogen-bond donors (Lipinski definition) is 5. The lowest BCUT2D eigenvalue weighted by Gasteiger charge is -2.63. The average Bonchev–Trinajstić information content (AvgIpc) is 3.70. The second kappa shape index (κ2) is 17.4. The first-order chi connectivity index (χ1) is 33.7. The normalized spacial score (nSPS) is 33.4. The van der Waals surface area contributed by atoms with Crippen LogP contribution in [-0.4, -0.2) is 123 Å². The number of nitrogens with zero attached hydrogens (tertiary/aromatic N) is 1. The Hall–Kier alpha value is -5.39. The molecule has 3 saturated carbocycles. The zero-order chi connectivity index (χ0) is 50.9. The monoisotopic (exact) mass is 974 g/mol. The van der Waals surface area contributed by atoms with E-state index in [0.29, 0.717) is 87.5 Å². The third kappa shape index (κ3) is 7.04. The molecule has 2 aromatic rings. The molecule has 5 aliphatic heterocycles. The number of methoxy groups -OCH3 is 1. The zero-order valence-corrected chi connectivity index (χ0v) is 42.0. The lowest BCUT2D eigenvalue weighted by Crippen LogP contribution is -2.75. The molecule has 5 heterocycles. The van der Waals surface area contributed by atoms with Gasteiger partial charge in [-0.15, -0.1) is 0 Å². The van der Waals surface area contributed by atoms with Crippen LogP contribution in [0.1, 0.15) is 114 Å². The molecule has 378 valence electrons. The molecule has 2 aromatic carbocycles. The number of carbonyl (C=O) groups is 3. The number of ketones is 2. The van der Waals surface area contributed by atoms with Crippen LogP contribution in [0.4, 0.5) is 0 Å². The Balaban J connectivity index is 1.34. The van der Waals surface area contributed by atoms with Crippen LogP contribution in [0.5, 0.6) is 17.2 Å². The quantitative estimate of drug-likeness (QED) is 0.0897. The van der Waals surface area contributed by atoms with Crippen molar-refractivity contribution in [2.75, 3.05) is 26.8 Å². The summed E-state index contributed by atoms with van der Waals surface area (Å²) in [5.74, 6) is -2.19. The lowest BCUT2D eigenvalue weighted by atomic mass is 9.44. The first-order valence-corrected chi connectivity index (χ1v) is 24.8. The van der Waals surface area contributed by atoms with Crippen LogP contribution >= 0.6 is 0 Å². The number of allylic oxidation sites excluding steroid dienone is 5. The van der Waals surface area contributed by atoms with Gasteiger partial charge in [0.1, 0.15) is 47.3 Å². The van der Waals surface area contributed by atoms with Crippen molar-refractivity contribution in [2.45, 2.75) is 141 Å². The molecule has 4 bridgehead atoms. The van der Waals surface area contributed by atoms with Gasteiger partial charge in [-0.1, -0.05) is 53.6 Å². The number of hydrogen-bond acceptors (Lipinski definition) is 15. The highest BCUT2D eigenvalue weighted by molar-refractivity contribution is 6.23. The number of ether oxygens (including phenoxy) is 6. The molecule has 1 spiro atoms. The predicted octanol–water partition coefficient (Wildman–Crippen LogP) is 5.90. The molecule has 15 heteroatoms. The summed E-state index contributed by atoms with van der Waals surface area (Å²) in [4.78, 5) is 46.4. The Morgan fingerprint density at radius 2 is 1.65 bits per heavy atom. The lowest BCUT2D eigenvalue weighted by molar-refractivity contribution is -0.277. The van der Waals surface area contributed by atoms with Crippen molar-refractivity contribution in [1.82, 2.24) is 4.90 Å². The smallest absolute Gasteiger partial charge is 0.333 e. The van der Waals surface area contributed by atoms with Gasteiger partial charge in [-0.2, -0.15) is 0 Å². The van der Waals surface area contributed by atoms with Gasteiger partial charge in [0.05, 0.1) is 41.8 Å². The Kier molecular flexibility index (Phi) is 12.1. The molecule has 71 heavy (non-hydrogen) atoms. The Morgan fingerprint density at radius 1 is 0.930 bits per heavy atom. The van der Waals surface area contributed by atoms with Crippen LogP contribution in [-0.2, 0) is 30.2 Å². The minimum absolute atomic E-state index is 0.0663. The number of fused-ring (bicyclic) bond motifs is 5. The van der Waals surface area contributed by atoms with Crippen LogP contribution in [0.25, 0.3) is 17.5 Å². The van der Waals surface area contributed by atoms with Crippen molar-refractivity contribution in [3.63, 3.8) is 0 Å². The molecule has 6 unspecified atom stereocenters. The van der Waals surface area contributed by atoms with Gasteiger partial charge in [0, 0.05) is 70.7 Å². The van der Waals surface area contributed by atoms with E-state index in [-0.39, 0.29) is 42.4 Å². The van der Waals surface area contributed by atoms with E-state index < -0.39 is 83.4 Å². The third-order valence-corrected chi connectivity index (χ3v) is 16.2. The van der Waals surface area contributed by atoms with Crippen molar-refractivity contribution in [2.24, 2.45) is 23.5 Å². The van der Waals surface area contributed by atoms with Gasteiger partial charge in [-0.05, 0) is 93.2 Å². The molecule has 15 nitrogen and oxygen atoms in total. The predicted molar refractivity (Wildman–Crippen MR) is 263 cm³/mol. The molecule has 11 atom stereocenters. The van der Waals surface area contributed by atoms with E-state index >= 15 is 9.59 Å². The number of benzene rings is 2. The summed E-state index contributed by atoms with van der Waals surface area (Å²) in [5, 5.41) is 44.2. The Morgan fingerprint density at radius 3 is 2.32 bits per heavy atom. The van der Waals surface area contributed by atoms with E-state index in [2.05, 4.69) is 17.1 Å². The van der Waals surface area contributed by atoms with Gasteiger partial charge < -0.3 is 59.5 Å². The summed E-state index contributed by atoms with van der Waals surface area (Å²) in [6.45, 7) is 15.3. The van der Waals surface area contributed by atoms with Crippen molar-refractivity contribution in [3.05, 3.63) is 104 Å². The highest BCUT2D eigenvalue weighted by Gasteiger charge is 2.84. The van der Waals surface area contributed by atoms with Gasteiger partial charge in [-0.3, -0.25) is 9.59 Å². The number of esters is 1. The molecule has 0 aromatic heterocycles. The van der Waals surface area contributed by atoms with Gasteiger partial charge in [0.15, 0.2) is 22.8 Å². The first-order valence-electron chi connectivity index (χ1n) is 24.8. The fourth-order valence-corrected chi connectivity index (χ4v) is 13.0. The van der Waals surface area contributed by atoms with Crippen molar-refractivity contribution in [3.8, 4) is 17.2 Å². The van der Waals surface area contributed by atoms with E-state index in [1.807, 2.05) is 78.8 Å². The number of carbonyl (C=O) groups excluding carboxylic acids is 3. The highest BCUT2D eigenvalue weighted by atomic mass is 16.7. The third-order valence-electron chi connectivity index (χ3n) is 16.2. The summed E-state index contributed by atoms with van der Waals surface area (Å²) in [7, 11) is 1.30. The van der Waals surface area contributed by atoms with Gasteiger partial charge >= 0.3 is 5.97 Å².